The van der Waals surface area contributed by atoms with Gasteiger partial charge in [-0.1, -0.05) is 24.3 Å². The molecule has 0 aliphatic heterocycles. The van der Waals surface area contributed by atoms with Gasteiger partial charge in [0.15, 0.2) is 0 Å². The molecule has 1 N–H and O–H groups in total. The number of carbonyl (C=O) groups is 1. The van der Waals surface area contributed by atoms with Crippen LogP contribution < -0.4 is 0 Å². The number of H-pyrrole nitrogens is 1. The van der Waals surface area contributed by atoms with Crippen molar-refractivity contribution >= 4 is 16.9 Å². The Kier molecular flexibility index (Phi) is 3.82. The standard InChI is InChI=1S/C18H13FN2O2/c1-2-23-18(22)17-15(12-8-6-11(10-20)7-9-12)13-4-3-5-14(19)16(13)21-17/h3-9,21H,2H2,1H3. The third kappa shape index (κ3) is 2.55. The Morgan fingerprint density at radius 2 is 2.00 bits per heavy atom. The second-order valence-electron chi connectivity index (χ2n) is 4.95. The highest BCUT2D eigenvalue weighted by Crippen LogP contribution is 2.34. The summed E-state index contributed by atoms with van der Waals surface area (Å²) in [5, 5.41) is 9.50. The van der Waals surface area contributed by atoms with Crippen LogP contribution in [0.15, 0.2) is 42.5 Å². The number of nitrogens with zero attached hydrogens (tertiary/aromatic N) is 1. The molecular formula is C18H13FN2O2. The summed E-state index contributed by atoms with van der Waals surface area (Å²) in [4.78, 5) is 15.0. The van der Waals surface area contributed by atoms with Crippen LogP contribution >= 0.6 is 0 Å². The second kappa shape index (κ2) is 5.93. The van der Waals surface area contributed by atoms with Gasteiger partial charge in [0.05, 0.1) is 23.8 Å². The van der Waals surface area contributed by atoms with Crippen molar-refractivity contribution in [3.8, 4) is 17.2 Å². The molecule has 4 nitrogen and oxygen atoms in total. The minimum Gasteiger partial charge on any atom is -0.461 e. The smallest absolute Gasteiger partial charge is 0.355 e. The maximum atomic E-state index is 14.0. The lowest BCUT2D eigenvalue weighted by atomic mass is 10.0. The molecule has 0 spiro atoms. The number of esters is 1. The first-order valence-electron chi connectivity index (χ1n) is 7.13. The van der Waals surface area contributed by atoms with Gasteiger partial charge in [-0.05, 0) is 30.7 Å². The third-order valence-electron chi connectivity index (χ3n) is 3.57. The lowest BCUT2D eigenvalue weighted by molar-refractivity contribution is 0.0521. The first-order chi connectivity index (χ1) is 11.2. The van der Waals surface area contributed by atoms with E-state index in [0.717, 1.165) is 0 Å². The number of rotatable bonds is 3. The second-order valence-corrected chi connectivity index (χ2v) is 4.95. The number of benzene rings is 2. The minimum atomic E-state index is -0.539. The quantitative estimate of drug-likeness (QED) is 0.743. The van der Waals surface area contributed by atoms with Gasteiger partial charge in [-0.15, -0.1) is 0 Å². The molecule has 0 radical (unpaired) electrons. The number of aromatic amines is 1. The normalized spacial score (nSPS) is 10.5. The molecule has 1 aromatic heterocycles. The van der Waals surface area contributed by atoms with E-state index < -0.39 is 11.8 Å². The van der Waals surface area contributed by atoms with Crippen LogP contribution in [0.3, 0.4) is 0 Å². The number of halogens is 1. The molecule has 3 rings (SSSR count). The van der Waals surface area contributed by atoms with E-state index in [9.17, 15) is 9.18 Å². The molecule has 3 aromatic rings. The van der Waals surface area contributed by atoms with Gasteiger partial charge >= 0.3 is 5.97 Å². The summed E-state index contributed by atoms with van der Waals surface area (Å²) in [6, 6.07) is 13.5. The van der Waals surface area contributed by atoms with Crippen molar-refractivity contribution in [2.24, 2.45) is 0 Å². The number of hydrogen-bond acceptors (Lipinski definition) is 3. The van der Waals surface area contributed by atoms with Crippen molar-refractivity contribution in [3.63, 3.8) is 0 Å². The first kappa shape index (κ1) is 14.8. The van der Waals surface area contributed by atoms with E-state index >= 15 is 0 Å². The maximum absolute atomic E-state index is 14.0. The average Bonchev–Trinajstić information content (AvgIpc) is 2.96. The summed E-state index contributed by atoms with van der Waals surface area (Å²) in [5.41, 5.74) is 2.26. The van der Waals surface area contributed by atoms with Crippen LogP contribution in [0.4, 0.5) is 4.39 Å². The Labute approximate surface area is 132 Å². The van der Waals surface area contributed by atoms with E-state index in [2.05, 4.69) is 4.98 Å². The van der Waals surface area contributed by atoms with Crippen molar-refractivity contribution in [3.05, 3.63) is 59.5 Å². The van der Waals surface area contributed by atoms with E-state index in [0.29, 0.717) is 22.1 Å². The zero-order valence-electron chi connectivity index (χ0n) is 12.4. The van der Waals surface area contributed by atoms with Gasteiger partial charge in [-0.25, -0.2) is 9.18 Å². The Balaban J connectivity index is 2.27. The summed E-state index contributed by atoms with van der Waals surface area (Å²) in [5.74, 6) is -0.976. The molecule has 0 amide bonds. The maximum Gasteiger partial charge on any atom is 0.355 e. The van der Waals surface area contributed by atoms with Crippen molar-refractivity contribution in [2.45, 2.75) is 6.92 Å². The molecule has 0 aliphatic carbocycles. The lowest BCUT2D eigenvalue weighted by Crippen LogP contribution is -2.06. The minimum absolute atomic E-state index is 0.205. The summed E-state index contributed by atoms with van der Waals surface area (Å²) < 4.78 is 19.1. The van der Waals surface area contributed by atoms with Crippen LogP contribution in [-0.4, -0.2) is 17.6 Å². The summed E-state index contributed by atoms with van der Waals surface area (Å²) in [7, 11) is 0. The van der Waals surface area contributed by atoms with Crippen LogP contribution in [-0.2, 0) is 4.74 Å². The van der Waals surface area contributed by atoms with Gasteiger partial charge in [-0.2, -0.15) is 5.26 Å². The van der Waals surface area contributed by atoms with Crippen LogP contribution in [0, 0.1) is 17.1 Å². The topological polar surface area (TPSA) is 65.9 Å². The molecule has 0 saturated carbocycles. The molecule has 1 heterocycles. The van der Waals surface area contributed by atoms with Crippen molar-refractivity contribution in [2.75, 3.05) is 6.61 Å². The molecule has 0 saturated heterocycles. The van der Waals surface area contributed by atoms with Gasteiger partial charge in [0.1, 0.15) is 11.5 Å². The van der Waals surface area contributed by atoms with Crippen LogP contribution in [0.25, 0.3) is 22.0 Å². The van der Waals surface area contributed by atoms with Gasteiger partial charge in [0.2, 0.25) is 0 Å². The fraction of sp³-hybridized carbons (Fsp3) is 0.111. The number of ether oxygens (including phenoxy) is 1. The van der Waals surface area contributed by atoms with E-state index in [1.807, 2.05) is 6.07 Å². The molecule has 0 bridgehead atoms. The van der Waals surface area contributed by atoms with Crippen molar-refractivity contribution in [1.29, 1.82) is 5.26 Å². The Morgan fingerprint density at radius 3 is 2.65 bits per heavy atom. The number of hydrogen-bond donors (Lipinski definition) is 1. The Hall–Kier alpha value is -3.13. The number of aromatic nitrogens is 1. The van der Waals surface area contributed by atoms with E-state index in [-0.39, 0.29) is 17.8 Å². The largest absolute Gasteiger partial charge is 0.461 e. The number of nitrogens with one attached hydrogen (secondary N) is 1. The highest BCUT2D eigenvalue weighted by atomic mass is 19.1. The molecule has 0 fully saturated rings. The van der Waals surface area contributed by atoms with Gasteiger partial charge in [0.25, 0.3) is 0 Å². The molecule has 114 valence electrons. The SMILES string of the molecule is CCOC(=O)c1[nH]c2c(F)cccc2c1-c1ccc(C#N)cc1. The molecule has 0 atom stereocenters. The molecule has 5 heteroatoms. The summed E-state index contributed by atoms with van der Waals surface area (Å²) >= 11 is 0. The highest BCUT2D eigenvalue weighted by molar-refractivity contribution is 6.08. The van der Waals surface area contributed by atoms with Crippen LogP contribution in [0.2, 0.25) is 0 Å². The predicted octanol–water partition coefficient (Wildman–Crippen LogP) is 4.02. The number of nitriles is 1. The molecule has 23 heavy (non-hydrogen) atoms. The zero-order valence-corrected chi connectivity index (χ0v) is 12.4. The fourth-order valence-electron chi connectivity index (χ4n) is 2.55. The number of carbonyl (C=O) groups excluding carboxylic acids is 1. The molecule has 0 unspecified atom stereocenters. The van der Waals surface area contributed by atoms with E-state index in [4.69, 9.17) is 10.00 Å². The predicted molar refractivity (Wildman–Crippen MR) is 84.4 cm³/mol. The highest BCUT2D eigenvalue weighted by Gasteiger charge is 2.21. The third-order valence-corrected chi connectivity index (χ3v) is 3.57. The lowest BCUT2D eigenvalue weighted by Gasteiger charge is -2.05. The van der Waals surface area contributed by atoms with Crippen LogP contribution in [0.1, 0.15) is 23.0 Å². The molecular weight excluding hydrogens is 295 g/mol. The number of para-hydroxylation sites is 1. The Bertz CT molecular complexity index is 921. The van der Waals surface area contributed by atoms with Gasteiger partial charge < -0.3 is 9.72 Å². The summed E-state index contributed by atoms with van der Waals surface area (Å²) in [6.07, 6.45) is 0. The van der Waals surface area contributed by atoms with Crippen molar-refractivity contribution in [1.82, 2.24) is 4.98 Å². The summed E-state index contributed by atoms with van der Waals surface area (Å²) in [6.45, 7) is 1.94. The number of fused-ring (bicyclic) bond motifs is 1. The Morgan fingerprint density at radius 1 is 1.26 bits per heavy atom. The zero-order chi connectivity index (χ0) is 16.4. The fourth-order valence-corrected chi connectivity index (χ4v) is 2.55. The molecule has 2 aromatic carbocycles. The average molecular weight is 308 g/mol. The first-order valence-corrected chi connectivity index (χ1v) is 7.13. The van der Waals surface area contributed by atoms with E-state index in [1.54, 1.807) is 43.3 Å². The molecule has 0 aliphatic rings. The van der Waals surface area contributed by atoms with Crippen molar-refractivity contribution < 1.29 is 13.9 Å². The van der Waals surface area contributed by atoms with Gasteiger partial charge in [0, 0.05) is 10.9 Å². The van der Waals surface area contributed by atoms with Gasteiger partial charge in [-0.3, -0.25) is 0 Å². The van der Waals surface area contributed by atoms with E-state index in [1.165, 1.54) is 6.07 Å². The monoisotopic (exact) mass is 308 g/mol. The van der Waals surface area contributed by atoms with Crippen LogP contribution in [0.5, 0.6) is 0 Å².